The molecule has 1 aromatic carbocycles. The fourth-order valence-corrected chi connectivity index (χ4v) is 1.57. The molecule has 2 rings (SSSR count). The van der Waals surface area contributed by atoms with Gasteiger partial charge in [0, 0.05) is 0 Å². The number of aliphatic hydroxyl groups excluding tert-OH is 1. The summed E-state index contributed by atoms with van der Waals surface area (Å²) in [5.41, 5.74) is 0.870. The molecule has 0 spiro atoms. The molecule has 0 aliphatic carbocycles. The summed E-state index contributed by atoms with van der Waals surface area (Å²) in [5.74, 6) is 1.47. The Morgan fingerprint density at radius 3 is 3.00 bits per heavy atom. The topological polar surface area (TPSA) is 50.7 Å². The number of fused-ring (bicyclic) bond motifs is 1. The van der Waals surface area contributed by atoms with E-state index in [0.29, 0.717) is 6.42 Å². The smallest absolute Gasteiger partial charge is 0.231 e. The first-order valence-corrected chi connectivity index (χ1v) is 5.03. The van der Waals surface area contributed by atoms with E-state index in [2.05, 4.69) is 5.32 Å². The van der Waals surface area contributed by atoms with Crippen LogP contribution in [0.1, 0.15) is 18.1 Å². The molecular weight excluding hydrogens is 194 g/mol. The summed E-state index contributed by atoms with van der Waals surface area (Å²) in [5, 5.41) is 12.9. The number of nitrogens with one attached hydrogen (secondary N) is 1. The van der Waals surface area contributed by atoms with Crippen molar-refractivity contribution in [2.24, 2.45) is 0 Å². The van der Waals surface area contributed by atoms with E-state index in [9.17, 15) is 5.11 Å². The number of aliphatic hydroxyl groups is 1. The molecule has 0 fully saturated rings. The van der Waals surface area contributed by atoms with Gasteiger partial charge in [0.05, 0.1) is 6.10 Å². The van der Waals surface area contributed by atoms with Crippen molar-refractivity contribution in [1.82, 2.24) is 5.32 Å². The predicted molar refractivity (Wildman–Crippen MR) is 56.1 cm³/mol. The zero-order chi connectivity index (χ0) is 10.7. The van der Waals surface area contributed by atoms with Crippen molar-refractivity contribution in [3.8, 4) is 11.5 Å². The third-order valence-corrected chi connectivity index (χ3v) is 2.45. The molecule has 0 bridgehead atoms. The van der Waals surface area contributed by atoms with Crippen LogP contribution in [-0.2, 0) is 0 Å². The summed E-state index contributed by atoms with van der Waals surface area (Å²) >= 11 is 0. The van der Waals surface area contributed by atoms with Crippen LogP contribution in [0.5, 0.6) is 11.5 Å². The van der Waals surface area contributed by atoms with Crippen molar-refractivity contribution in [3.05, 3.63) is 23.8 Å². The van der Waals surface area contributed by atoms with Gasteiger partial charge >= 0.3 is 0 Å². The first kappa shape index (κ1) is 10.3. The fraction of sp³-hybridized carbons (Fsp3) is 0.455. The minimum Gasteiger partial charge on any atom is -0.454 e. The Balaban J connectivity index is 2.08. The Hall–Kier alpha value is -1.26. The molecule has 2 N–H and O–H groups in total. The molecule has 0 saturated carbocycles. The highest BCUT2D eigenvalue weighted by molar-refractivity contribution is 5.45. The molecule has 0 unspecified atom stereocenters. The molecule has 1 aliphatic rings. The Morgan fingerprint density at radius 1 is 1.40 bits per heavy atom. The number of hydrogen-bond acceptors (Lipinski definition) is 4. The van der Waals surface area contributed by atoms with Crippen LogP contribution in [0.3, 0.4) is 0 Å². The molecule has 1 atom stereocenters. The van der Waals surface area contributed by atoms with Crippen LogP contribution in [0.15, 0.2) is 18.2 Å². The molecule has 15 heavy (non-hydrogen) atoms. The van der Waals surface area contributed by atoms with E-state index >= 15 is 0 Å². The van der Waals surface area contributed by atoms with Crippen LogP contribution in [0.25, 0.3) is 0 Å². The van der Waals surface area contributed by atoms with Crippen molar-refractivity contribution >= 4 is 0 Å². The van der Waals surface area contributed by atoms with Gasteiger partial charge in [-0.1, -0.05) is 6.07 Å². The third kappa shape index (κ3) is 2.22. The van der Waals surface area contributed by atoms with Crippen LogP contribution >= 0.6 is 0 Å². The predicted octanol–water partition coefficient (Wildman–Crippen LogP) is 1.06. The highest BCUT2D eigenvalue weighted by Crippen LogP contribution is 2.34. The van der Waals surface area contributed by atoms with Crippen LogP contribution in [-0.4, -0.2) is 25.5 Å². The highest BCUT2D eigenvalue weighted by atomic mass is 16.7. The Labute approximate surface area is 88.8 Å². The van der Waals surface area contributed by atoms with Crippen molar-refractivity contribution in [1.29, 1.82) is 0 Å². The summed E-state index contributed by atoms with van der Waals surface area (Å²) in [6, 6.07) is 5.54. The number of rotatable bonds is 4. The van der Waals surface area contributed by atoms with Gasteiger partial charge in [-0.05, 0) is 37.7 Å². The highest BCUT2D eigenvalue weighted by Gasteiger charge is 2.16. The molecule has 1 aliphatic heterocycles. The average Bonchev–Trinajstić information content (AvgIpc) is 2.72. The van der Waals surface area contributed by atoms with E-state index in [1.165, 1.54) is 0 Å². The van der Waals surface area contributed by atoms with Crippen molar-refractivity contribution in [2.75, 3.05) is 20.4 Å². The lowest BCUT2D eigenvalue weighted by Crippen LogP contribution is -2.11. The zero-order valence-corrected chi connectivity index (χ0v) is 8.69. The van der Waals surface area contributed by atoms with E-state index in [1.807, 2.05) is 25.2 Å². The monoisotopic (exact) mass is 209 g/mol. The maximum atomic E-state index is 9.85. The number of hydrogen-bond donors (Lipinski definition) is 2. The van der Waals surface area contributed by atoms with Gasteiger partial charge in [-0.15, -0.1) is 0 Å². The normalized spacial score (nSPS) is 15.3. The molecule has 0 amide bonds. The minimum atomic E-state index is -0.452. The van der Waals surface area contributed by atoms with Crippen LogP contribution < -0.4 is 14.8 Å². The van der Waals surface area contributed by atoms with E-state index in [4.69, 9.17) is 9.47 Å². The minimum absolute atomic E-state index is 0.269. The molecule has 0 aromatic heterocycles. The number of benzene rings is 1. The van der Waals surface area contributed by atoms with Crippen LogP contribution in [0.4, 0.5) is 0 Å². The average molecular weight is 209 g/mol. The van der Waals surface area contributed by atoms with Crippen LogP contribution in [0.2, 0.25) is 0 Å². The Morgan fingerprint density at radius 2 is 2.20 bits per heavy atom. The summed E-state index contributed by atoms with van der Waals surface area (Å²) in [6.45, 7) is 1.06. The van der Waals surface area contributed by atoms with Gasteiger partial charge in [0.1, 0.15) is 0 Å². The molecule has 4 heteroatoms. The number of ether oxygens (including phenoxy) is 2. The zero-order valence-electron chi connectivity index (χ0n) is 8.69. The van der Waals surface area contributed by atoms with Crippen molar-refractivity contribution in [2.45, 2.75) is 12.5 Å². The SMILES string of the molecule is CNCC[C@@H](O)c1ccc2c(c1)OCO2. The second-order valence-corrected chi connectivity index (χ2v) is 3.52. The molecule has 1 heterocycles. The fourth-order valence-electron chi connectivity index (χ4n) is 1.57. The quantitative estimate of drug-likeness (QED) is 0.778. The van der Waals surface area contributed by atoms with Gasteiger partial charge < -0.3 is 19.9 Å². The lowest BCUT2D eigenvalue weighted by Gasteiger charge is -2.10. The van der Waals surface area contributed by atoms with E-state index < -0.39 is 6.10 Å². The van der Waals surface area contributed by atoms with E-state index in [0.717, 1.165) is 23.6 Å². The van der Waals surface area contributed by atoms with Gasteiger partial charge in [-0.3, -0.25) is 0 Å². The second-order valence-electron chi connectivity index (χ2n) is 3.52. The van der Waals surface area contributed by atoms with Gasteiger partial charge in [0.2, 0.25) is 6.79 Å². The van der Waals surface area contributed by atoms with Crippen molar-refractivity contribution < 1.29 is 14.6 Å². The molecule has 0 radical (unpaired) electrons. The third-order valence-electron chi connectivity index (χ3n) is 2.45. The molecule has 4 nitrogen and oxygen atoms in total. The summed E-state index contributed by atoms with van der Waals surface area (Å²) in [4.78, 5) is 0. The first-order chi connectivity index (χ1) is 7.31. The maximum absolute atomic E-state index is 9.85. The van der Waals surface area contributed by atoms with Gasteiger partial charge in [-0.25, -0.2) is 0 Å². The molecule has 1 aromatic rings. The molecule has 0 saturated heterocycles. The lowest BCUT2D eigenvalue weighted by molar-refractivity contribution is 0.165. The van der Waals surface area contributed by atoms with Gasteiger partial charge in [0.25, 0.3) is 0 Å². The summed E-state index contributed by atoms with van der Waals surface area (Å²) in [6.07, 6.45) is 0.239. The van der Waals surface area contributed by atoms with Gasteiger partial charge in [0.15, 0.2) is 11.5 Å². The summed E-state index contributed by atoms with van der Waals surface area (Å²) in [7, 11) is 1.87. The largest absolute Gasteiger partial charge is 0.454 e. The Bertz CT molecular complexity index is 341. The van der Waals surface area contributed by atoms with E-state index in [-0.39, 0.29) is 6.79 Å². The van der Waals surface area contributed by atoms with Crippen molar-refractivity contribution in [3.63, 3.8) is 0 Å². The second kappa shape index (κ2) is 4.51. The first-order valence-electron chi connectivity index (χ1n) is 5.03. The maximum Gasteiger partial charge on any atom is 0.231 e. The Kier molecular flexibility index (Phi) is 3.08. The van der Waals surface area contributed by atoms with E-state index in [1.54, 1.807) is 0 Å². The molecule has 82 valence electrons. The molecular formula is C11H15NO3. The lowest BCUT2D eigenvalue weighted by atomic mass is 10.1. The van der Waals surface area contributed by atoms with Crippen LogP contribution in [0, 0.1) is 0 Å². The standard InChI is InChI=1S/C11H15NO3/c1-12-5-4-9(13)8-2-3-10-11(6-8)15-7-14-10/h2-3,6,9,12-13H,4-5,7H2,1H3/t9-/m1/s1. The van der Waals surface area contributed by atoms with Gasteiger partial charge in [-0.2, -0.15) is 0 Å². The summed E-state index contributed by atoms with van der Waals surface area (Å²) < 4.78 is 10.4.